The van der Waals surface area contributed by atoms with E-state index >= 15 is 0 Å². The Bertz CT molecular complexity index is 959. The zero-order valence-corrected chi connectivity index (χ0v) is 23.1. The van der Waals surface area contributed by atoms with Crippen LogP contribution in [0.2, 0.25) is 13.3 Å². The summed E-state index contributed by atoms with van der Waals surface area (Å²) in [5, 5.41) is 0. The van der Waals surface area contributed by atoms with Gasteiger partial charge in [0.05, 0.1) is 0 Å². The number of hydrogen-bond donors (Lipinski definition) is 0. The van der Waals surface area contributed by atoms with Gasteiger partial charge in [-0.15, -0.1) is 0 Å². The van der Waals surface area contributed by atoms with Gasteiger partial charge in [-0.3, -0.25) is 0 Å². The van der Waals surface area contributed by atoms with E-state index in [-0.39, 0.29) is 5.56 Å². The van der Waals surface area contributed by atoms with Crippen LogP contribution in [-0.2, 0) is 9.49 Å². The summed E-state index contributed by atoms with van der Waals surface area (Å²) in [4.78, 5) is 0. The molecule has 0 N–H and O–H groups in total. The van der Waals surface area contributed by atoms with Crippen LogP contribution in [0.1, 0.15) is 5.56 Å². The molecule has 0 atom stereocenters. The van der Waals surface area contributed by atoms with Crippen molar-refractivity contribution in [2.75, 3.05) is 6.61 Å². The van der Waals surface area contributed by atoms with E-state index in [1.807, 2.05) is 0 Å². The molecule has 0 aromatic heterocycles. The van der Waals surface area contributed by atoms with Crippen molar-refractivity contribution in [2.24, 2.45) is 0 Å². The molecule has 0 aliphatic carbocycles. The van der Waals surface area contributed by atoms with Crippen molar-refractivity contribution in [3.8, 4) is 0 Å². The standard InChI is InChI=1S/C8H9O.3C4H2F7.Sn/c9-7-6-8-4-2-1-3-5-8;3*1-2(5,6)3(7,8)4(9,10)11;/h1-5H,6-7H2;3*1H2;/q-1;;;;+1. The van der Waals surface area contributed by atoms with Gasteiger partial charge in [-0.25, -0.2) is 0 Å². The summed E-state index contributed by atoms with van der Waals surface area (Å²) < 4.78 is 274. The number of alkyl halides is 21. The molecule has 0 fully saturated rings. The minimum atomic E-state index is -8.70. The van der Waals surface area contributed by atoms with Gasteiger partial charge in [-0.05, 0) is 0 Å². The Kier molecular flexibility index (Phi) is 11.1. The molecular weight excluding hydrogens is 774 g/mol. The first-order valence-corrected chi connectivity index (χ1v) is 18.1. The minimum absolute atomic E-state index is 0.158. The second-order valence-corrected chi connectivity index (χ2v) is 19.7. The molecule has 0 aliphatic heterocycles. The van der Waals surface area contributed by atoms with Crippen molar-refractivity contribution in [3.05, 3.63) is 35.9 Å². The summed E-state index contributed by atoms with van der Waals surface area (Å²) in [7, 11) is 0. The average Bonchev–Trinajstić information content (AvgIpc) is 2.76. The number of benzene rings is 1. The molecule has 1 aromatic rings. The van der Waals surface area contributed by atoms with Crippen LogP contribution in [0, 0.1) is 0 Å². The first-order valence-electron chi connectivity index (χ1n) is 10.8. The maximum atomic E-state index is 14.3. The predicted molar refractivity (Wildman–Crippen MR) is 104 cm³/mol. The summed E-state index contributed by atoms with van der Waals surface area (Å²) in [5.41, 5.74) is -0.158. The van der Waals surface area contributed by atoms with Gasteiger partial charge in [-0.1, -0.05) is 0 Å². The molecule has 0 aliphatic rings. The van der Waals surface area contributed by atoms with Crippen molar-refractivity contribution >= 4 is 18.8 Å². The van der Waals surface area contributed by atoms with Crippen LogP contribution in [0.4, 0.5) is 92.2 Å². The second-order valence-electron chi connectivity index (χ2n) is 9.13. The van der Waals surface area contributed by atoms with Crippen molar-refractivity contribution in [1.29, 1.82) is 0 Å². The normalized spacial score (nSPS) is 15.7. The van der Waals surface area contributed by atoms with E-state index in [4.69, 9.17) is 0 Å². The van der Waals surface area contributed by atoms with Gasteiger partial charge in [0.15, 0.2) is 0 Å². The van der Waals surface area contributed by atoms with Gasteiger partial charge in [0.25, 0.3) is 0 Å². The van der Waals surface area contributed by atoms with Gasteiger partial charge in [-0.2, -0.15) is 0 Å². The molecule has 1 nitrogen and oxygen atoms in total. The molecule has 0 saturated carbocycles. The topological polar surface area (TPSA) is 9.23 Å². The van der Waals surface area contributed by atoms with E-state index in [1.54, 1.807) is 0 Å². The van der Waals surface area contributed by atoms with Crippen LogP contribution in [0.15, 0.2) is 30.3 Å². The van der Waals surface area contributed by atoms with Crippen LogP contribution in [0.5, 0.6) is 0 Å². The van der Waals surface area contributed by atoms with Gasteiger partial charge in [0, 0.05) is 0 Å². The Morgan fingerprint density at radius 3 is 0.977 bits per heavy atom. The zero-order chi connectivity index (χ0) is 34.4. The fraction of sp³-hybridized carbons (Fsp3) is 0.700. The summed E-state index contributed by atoms with van der Waals surface area (Å²) in [6, 6.07) is 5.57. The fourth-order valence-corrected chi connectivity index (χ4v) is 15.8. The molecule has 0 spiro atoms. The monoisotopic (exact) mass is 790 g/mol. The van der Waals surface area contributed by atoms with E-state index in [1.165, 1.54) is 6.07 Å². The van der Waals surface area contributed by atoms with E-state index in [0.717, 1.165) is 24.3 Å². The molecule has 0 heterocycles. The van der Waals surface area contributed by atoms with Crippen LogP contribution in [-0.4, -0.2) is 79.5 Å². The van der Waals surface area contributed by atoms with Gasteiger partial charge in [0.1, 0.15) is 0 Å². The molecule has 0 unspecified atom stereocenters. The zero-order valence-electron chi connectivity index (χ0n) is 20.3. The van der Waals surface area contributed by atoms with E-state index in [9.17, 15) is 92.2 Å². The second kappa shape index (κ2) is 12.0. The predicted octanol–water partition coefficient (Wildman–Crippen LogP) is 9.69. The number of halogens is 21. The molecule has 0 bridgehead atoms. The Hall–Kier alpha value is -1.49. The summed E-state index contributed by atoms with van der Waals surface area (Å²) in [5.74, 6) is -43.6. The first-order chi connectivity index (χ1) is 18.7. The van der Waals surface area contributed by atoms with Crippen molar-refractivity contribution in [3.63, 3.8) is 0 Å². The first kappa shape index (κ1) is 39.5. The number of hydrogen-bond acceptors (Lipinski definition) is 1. The number of rotatable bonds is 13. The molecule has 0 saturated heterocycles. The molecule has 0 radical (unpaired) electrons. The molecule has 1 rings (SSSR count). The van der Waals surface area contributed by atoms with Crippen molar-refractivity contribution < 1.29 is 95.3 Å². The summed E-state index contributed by atoms with van der Waals surface area (Å²) >= 11 is -8.70. The van der Waals surface area contributed by atoms with Crippen molar-refractivity contribution in [2.45, 2.75) is 73.8 Å². The van der Waals surface area contributed by atoms with E-state index in [2.05, 4.69) is 3.07 Å². The van der Waals surface area contributed by atoms with Crippen LogP contribution in [0.3, 0.4) is 0 Å². The van der Waals surface area contributed by atoms with Crippen LogP contribution >= 0.6 is 0 Å². The quantitative estimate of drug-likeness (QED) is 0.143. The van der Waals surface area contributed by atoms with Crippen LogP contribution in [0.25, 0.3) is 0 Å². The molecule has 43 heavy (non-hydrogen) atoms. The van der Waals surface area contributed by atoms with E-state index < -0.39 is 99.2 Å². The Morgan fingerprint density at radius 2 is 0.721 bits per heavy atom. The fourth-order valence-electron chi connectivity index (χ4n) is 3.54. The molecule has 0 amide bonds. The van der Waals surface area contributed by atoms with Gasteiger partial charge >= 0.3 is 230 Å². The van der Waals surface area contributed by atoms with Crippen LogP contribution < -0.4 is 0 Å². The average molecular weight is 789 g/mol. The molecule has 252 valence electrons. The molecule has 1 aromatic carbocycles. The third kappa shape index (κ3) is 8.22. The Morgan fingerprint density at radius 1 is 0.442 bits per heavy atom. The third-order valence-electron chi connectivity index (χ3n) is 5.72. The van der Waals surface area contributed by atoms with Crippen molar-refractivity contribution in [1.82, 2.24) is 0 Å². The SMILES string of the molecule is FC(F)(F)C(F)(F)C(F)(F)[CH2][Sn]([CH2]C(F)(F)C(F)(F)C(F)(F)F)([CH2]C(F)(F)C(F)(F)C(F)(F)F)[O]CCc1ccccc1. The summed E-state index contributed by atoms with van der Waals surface area (Å²) in [6.07, 6.45) is -23.2. The van der Waals surface area contributed by atoms with Gasteiger partial charge in [0.2, 0.25) is 0 Å². The molecule has 23 heteroatoms. The Balaban J connectivity index is 3.98. The summed E-state index contributed by atoms with van der Waals surface area (Å²) in [6.45, 7) is -1.74. The Labute approximate surface area is 230 Å². The maximum absolute atomic E-state index is 14.3. The van der Waals surface area contributed by atoms with Gasteiger partial charge < -0.3 is 0 Å². The molecular formula is C20H15F21OSn. The van der Waals surface area contributed by atoms with E-state index in [0.29, 0.717) is 0 Å². The third-order valence-corrected chi connectivity index (χ3v) is 17.4.